The SMILES string of the molecule is [Li][C](CCC(C)C)(c1ccccc1)c1ccccc1. The van der Waals surface area contributed by atoms with Gasteiger partial charge in [-0.25, -0.2) is 0 Å². The van der Waals surface area contributed by atoms with E-state index >= 15 is 0 Å². The summed E-state index contributed by atoms with van der Waals surface area (Å²) in [7, 11) is 0. The monoisotopic (exact) mass is 244 g/mol. The zero-order valence-corrected chi connectivity index (χ0v) is 12.3. The summed E-state index contributed by atoms with van der Waals surface area (Å²) in [4.78, 5) is 0. The third-order valence-electron chi connectivity index (χ3n) is 4.04. The van der Waals surface area contributed by atoms with Gasteiger partial charge in [0.05, 0.1) is 0 Å². The number of hydrogen-bond acceptors (Lipinski definition) is 0. The van der Waals surface area contributed by atoms with Gasteiger partial charge < -0.3 is 0 Å². The molecular formula is C18H21Li. The maximum absolute atomic E-state index is 2.38. The Morgan fingerprint density at radius 3 is 1.63 bits per heavy atom. The fraction of sp³-hybridized carbons (Fsp3) is 0.333. The van der Waals surface area contributed by atoms with E-state index in [1.54, 1.807) is 0 Å². The molecule has 0 bridgehead atoms. The summed E-state index contributed by atoms with van der Waals surface area (Å²) < 4.78 is 0.118. The quantitative estimate of drug-likeness (QED) is 0.678. The van der Waals surface area contributed by atoms with Crippen molar-refractivity contribution in [1.29, 1.82) is 0 Å². The second-order valence-corrected chi connectivity index (χ2v) is 6.00. The molecule has 0 radical (unpaired) electrons. The van der Waals surface area contributed by atoms with E-state index in [4.69, 9.17) is 0 Å². The summed E-state index contributed by atoms with van der Waals surface area (Å²) >= 11 is 2.38. The van der Waals surface area contributed by atoms with Crippen molar-refractivity contribution in [3.05, 3.63) is 71.8 Å². The molecule has 19 heavy (non-hydrogen) atoms. The fourth-order valence-corrected chi connectivity index (χ4v) is 2.64. The molecule has 0 fully saturated rings. The summed E-state index contributed by atoms with van der Waals surface area (Å²) in [5, 5.41) is 0. The second-order valence-electron chi connectivity index (χ2n) is 6.00. The molecule has 0 aliphatic heterocycles. The van der Waals surface area contributed by atoms with Gasteiger partial charge in [0.25, 0.3) is 0 Å². The topological polar surface area (TPSA) is 0 Å². The molecule has 0 aliphatic carbocycles. The molecule has 94 valence electrons. The van der Waals surface area contributed by atoms with Gasteiger partial charge in [-0.15, -0.1) is 0 Å². The minimum atomic E-state index is 0.118. The fourth-order valence-electron chi connectivity index (χ4n) is 2.64. The van der Waals surface area contributed by atoms with E-state index in [9.17, 15) is 0 Å². The number of rotatable bonds is 5. The molecule has 0 unspecified atom stereocenters. The Kier molecular flexibility index (Phi) is 4.91. The Bertz CT molecular complexity index is 448. The summed E-state index contributed by atoms with van der Waals surface area (Å²) in [6, 6.07) is 21.8. The van der Waals surface area contributed by atoms with Crippen LogP contribution in [-0.2, 0) is 4.09 Å². The predicted octanol–water partition coefficient (Wildman–Crippen LogP) is 4.53. The molecule has 0 atom stereocenters. The van der Waals surface area contributed by atoms with Crippen molar-refractivity contribution >= 4 is 17.7 Å². The Morgan fingerprint density at radius 2 is 1.26 bits per heavy atom. The van der Waals surface area contributed by atoms with Crippen LogP contribution in [0.4, 0.5) is 0 Å². The van der Waals surface area contributed by atoms with Gasteiger partial charge in [0.2, 0.25) is 0 Å². The van der Waals surface area contributed by atoms with E-state index in [1.807, 2.05) is 0 Å². The van der Waals surface area contributed by atoms with Crippen LogP contribution in [0.5, 0.6) is 0 Å². The van der Waals surface area contributed by atoms with E-state index in [1.165, 1.54) is 24.0 Å². The molecule has 0 amide bonds. The van der Waals surface area contributed by atoms with E-state index in [0.29, 0.717) is 0 Å². The molecule has 0 aromatic heterocycles. The van der Waals surface area contributed by atoms with Crippen molar-refractivity contribution < 1.29 is 0 Å². The molecule has 0 spiro atoms. The van der Waals surface area contributed by atoms with Crippen LogP contribution in [0.1, 0.15) is 37.8 Å². The van der Waals surface area contributed by atoms with Crippen LogP contribution in [0.3, 0.4) is 0 Å². The van der Waals surface area contributed by atoms with Crippen molar-refractivity contribution in [2.24, 2.45) is 5.92 Å². The van der Waals surface area contributed by atoms with Gasteiger partial charge in [-0.05, 0) is 0 Å². The first kappa shape index (κ1) is 14.4. The van der Waals surface area contributed by atoms with Gasteiger partial charge in [0.1, 0.15) is 0 Å². The van der Waals surface area contributed by atoms with Crippen molar-refractivity contribution in [3.8, 4) is 0 Å². The molecule has 2 rings (SSSR count). The normalized spacial score (nSPS) is 11.8. The minimum absolute atomic E-state index is 0.118. The Hall–Kier alpha value is -0.963. The Labute approximate surface area is 126 Å². The van der Waals surface area contributed by atoms with Gasteiger partial charge in [0, 0.05) is 0 Å². The molecule has 0 saturated carbocycles. The van der Waals surface area contributed by atoms with Gasteiger partial charge in [-0.3, -0.25) is 0 Å². The molecule has 0 heterocycles. The average molecular weight is 244 g/mol. The first-order chi connectivity index (χ1) is 9.13. The van der Waals surface area contributed by atoms with E-state index in [-0.39, 0.29) is 4.09 Å². The van der Waals surface area contributed by atoms with E-state index < -0.39 is 0 Å². The first-order valence-corrected chi connectivity index (χ1v) is 7.24. The van der Waals surface area contributed by atoms with Crippen molar-refractivity contribution in [2.45, 2.75) is 30.8 Å². The van der Waals surface area contributed by atoms with Crippen molar-refractivity contribution in [1.82, 2.24) is 0 Å². The molecule has 2 aromatic rings. The van der Waals surface area contributed by atoms with Crippen molar-refractivity contribution in [3.63, 3.8) is 0 Å². The Morgan fingerprint density at radius 1 is 0.842 bits per heavy atom. The standard InChI is InChI=1S/C18H21.Li/c1-15(2)13-14-18(16-9-5-3-6-10-16)17-11-7-4-8-12-17;/h3-12,15H,13-14H2,1-2H3;. The predicted molar refractivity (Wildman–Crippen MR) is 83.5 cm³/mol. The van der Waals surface area contributed by atoms with Gasteiger partial charge in [0.15, 0.2) is 0 Å². The Balaban J connectivity index is 2.39. The summed E-state index contributed by atoms with van der Waals surface area (Å²) in [5.41, 5.74) is 2.84. The first-order valence-electron chi connectivity index (χ1n) is 7.24. The summed E-state index contributed by atoms with van der Waals surface area (Å²) in [6.07, 6.45) is 2.44. The van der Waals surface area contributed by atoms with Crippen LogP contribution in [0.2, 0.25) is 0 Å². The third-order valence-corrected chi connectivity index (χ3v) is 4.04. The van der Waals surface area contributed by atoms with Gasteiger partial charge in [-0.2, -0.15) is 0 Å². The molecule has 1 heteroatoms. The van der Waals surface area contributed by atoms with Crippen LogP contribution in [-0.4, -0.2) is 17.7 Å². The van der Waals surface area contributed by atoms with Crippen LogP contribution in [0.25, 0.3) is 0 Å². The van der Waals surface area contributed by atoms with E-state index in [2.05, 4.69) is 92.2 Å². The van der Waals surface area contributed by atoms with Crippen LogP contribution < -0.4 is 0 Å². The molecule has 0 aliphatic rings. The molecule has 2 aromatic carbocycles. The van der Waals surface area contributed by atoms with Gasteiger partial charge in [-0.1, -0.05) is 0 Å². The molecular weight excluding hydrogens is 223 g/mol. The summed E-state index contributed by atoms with van der Waals surface area (Å²) in [5.74, 6) is 0.742. The third kappa shape index (κ3) is 3.53. The summed E-state index contributed by atoms with van der Waals surface area (Å²) in [6.45, 7) is 4.60. The van der Waals surface area contributed by atoms with Crippen LogP contribution in [0, 0.1) is 5.92 Å². The maximum atomic E-state index is 2.38. The van der Waals surface area contributed by atoms with Gasteiger partial charge >= 0.3 is 126 Å². The number of hydrogen-bond donors (Lipinski definition) is 0. The molecule has 0 N–H and O–H groups in total. The second kappa shape index (κ2) is 6.46. The number of benzene rings is 2. The van der Waals surface area contributed by atoms with E-state index in [0.717, 1.165) is 5.92 Å². The zero-order chi connectivity index (χ0) is 13.7. The molecule has 0 saturated heterocycles. The van der Waals surface area contributed by atoms with Crippen molar-refractivity contribution in [2.75, 3.05) is 0 Å². The molecule has 0 nitrogen and oxygen atoms in total. The van der Waals surface area contributed by atoms with Crippen LogP contribution in [0.15, 0.2) is 60.7 Å². The zero-order valence-electron chi connectivity index (χ0n) is 12.3. The van der Waals surface area contributed by atoms with Crippen LogP contribution >= 0.6 is 0 Å². The average Bonchev–Trinajstić information content (AvgIpc) is 2.46.